The van der Waals surface area contributed by atoms with Crippen molar-refractivity contribution in [1.29, 1.82) is 0 Å². The maximum absolute atomic E-state index is 6.16. The number of benzene rings is 1. The van der Waals surface area contributed by atoms with Gasteiger partial charge in [0.25, 0.3) is 0 Å². The summed E-state index contributed by atoms with van der Waals surface area (Å²) >= 11 is 6.16. The van der Waals surface area contributed by atoms with Crippen LogP contribution >= 0.6 is 11.6 Å². The summed E-state index contributed by atoms with van der Waals surface area (Å²) in [4.78, 5) is 0. The Morgan fingerprint density at radius 2 is 2.29 bits per heavy atom. The van der Waals surface area contributed by atoms with Gasteiger partial charge in [-0.2, -0.15) is 0 Å². The van der Waals surface area contributed by atoms with Gasteiger partial charge in [0, 0.05) is 23.7 Å². The highest BCUT2D eigenvalue weighted by molar-refractivity contribution is 6.31. The summed E-state index contributed by atoms with van der Waals surface area (Å²) in [6.07, 6.45) is 3.35. The van der Waals surface area contributed by atoms with Crippen molar-refractivity contribution < 1.29 is 4.74 Å². The second-order valence-corrected chi connectivity index (χ2v) is 5.18. The molecule has 1 heterocycles. The molecule has 1 aromatic rings. The molecule has 17 heavy (non-hydrogen) atoms. The molecule has 94 valence electrons. The Hall–Kier alpha value is -0.570. The molecule has 2 atom stereocenters. The number of halogens is 1. The Labute approximate surface area is 108 Å². The highest BCUT2D eigenvalue weighted by Gasteiger charge is 2.16. The van der Waals surface area contributed by atoms with Gasteiger partial charge >= 0.3 is 0 Å². The van der Waals surface area contributed by atoms with Crippen LogP contribution in [0.2, 0.25) is 5.02 Å². The van der Waals surface area contributed by atoms with Gasteiger partial charge in [-0.1, -0.05) is 29.8 Å². The highest BCUT2D eigenvalue weighted by Crippen LogP contribution is 2.17. The Balaban J connectivity index is 1.84. The summed E-state index contributed by atoms with van der Waals surface area (Å²) in [5, 5.41) is 4.47. The Bertz CT molecular complexity index is 350. The lowest BCUT2D eigenvalue weighted by Crippen LogP contribution is -2.42. The van der Waals surface area contributed by atoms with Crippen molar-refractivity contribution in [1.82, 2.24) is 5.32 Å². The van der Waals surface area contributed by atoms with Crippen LogP contribution in [0.4, 0.5) is 0 Å². The molecule has 1 aromatic carbocycles. The summed E-state index contributed by atoms with van der Waals surface area (Å²) in [5.74, 6) is 0. The summed E-state index contributed by atoms with van der Waals surface area (Å²) in [6.45, 7) is 3.96. The minimum atomic E-state index is 0.432. The zero-order chi connectivity index (χ0) is 12.1. The zero-order valence-corrected chi connectivity index (χ0v) is 11.0. The quantitative estimate of drug-likeness (QED) is 0.891. The molecule has 1 aliphatic heterocycles. The summed E-state index contributed by atoms with van der Waals surface area (Å²) < 4.78 is 5.47. The third kappa shape index (κ3) is 3.98. The molecule has 0 aromatic heterocycles. The monoisotopic (exact) mass is 253 g/mol. The van der Waals surface area contributed by atoms with Crippen molar-refractivity contribution in [2.75, 3.05) is 13.2 Å². The summed E-state index contributed by atoms with van der Waals surface area (Å²) in [5.41, 5.74) is 1.21. The maximum Gasteiger partial charge on any atom is 0.0619 e. The first-order chi connectivity index (χ1) is 8.25. The number of nitrogens with one attached hydrogen (secondary N) is 1. The smallest absolute Gasteiger partial charge is 0.0619 e. The van der Waals surface area contributed by atoms with E-state index in [1.54, 1.807) is 0 Å². The standard InChI is InChI=1S/C14H20ClNO/c1-11(16-13-6-4-8-17-10-13)9-12-5-2-3-7-14(12)15/h2-3,5,7,11,13,16H,4,6,8-10H2,1H3. The average molecular weight is 254 g/mol. The second-order valence-electron chi connectivity index (χ2n) is 4.78. The van der Waals surface area contributed by atoms with Crippen LogP contribution in [-0.4, -0.2) is 25.3 Å². The van der Waals surface area contributed by atoms with Gasteiger partial charge in [-0.15, -0.1) is 0 Å². The zero-order valence-electron chi connectivity index (χ0n) is 10.3. The Kier molecular flexibility index (Phi) is 4.84. The molecule has 2 unspecified atom stereocenters. The molecule has 3 heteroatoms. The molecule has 1 fully saturated rings. The molecule has 2 rings (SSSR count). The number of hydrogen-bond acceptors (Lipinski definition) is 2. The molecule has 0 saturated carbocycles. The minimum absolute atomic E-state index is 0.432. The van der Waals surface area contributed by atoms with Crippen LogP contribution in [0.25, 0.3) is 0 Å². The summed E-state index contributed by atoms with van der Waals surface area (Å²) in [6, 6.07) is 8.99. The van der Waals surface area contributed by atoms with Crippen LogP contribution in [0.1, 0.15) is 25.3 Å². The van der Waals surface area contributed by atoms with Crippen LogP contribution in [-0.2, 0) is 11.2 Å². The fourth-order valence-electron chi connectivity index (χ4n) is 2.33. The molecule has 0 amide bonds. The van der Waals surface area contributed by atoms with E-state index in [0.29, 0.717) is 12.1 Å². The predicted octanol–water partition coefficient (Wildman–Crippen LogP) is 3.04. The number of rotatable bonds is 4. The molecule has 2 nitrogen and oxygen atoms in total. The molecule has 1 aliphatic rings. The largest absolute Gasteiger partial charge is 0.380 e. The van der Waals surface area contributed by atoms with Crippen molar-refractivity contribution in [2.24, 2.45) is 0 Å². The molecular formula is C14H20ClNO. The Morgan fingerprint density at radius 1 is 1.47 bits per heavy atom. The number of hydrogen-bond donors (Lipinski definition) is 1. The van der Waals surface area contributed by atoms with Gasteiger partial charge in [-0.3, -0.25) is 0 Å². The third-order valence-corrected chi connectivity index (χ3v) is 3.53. The van der Waals surface area contributed by atoms with E-state index >= 15 is 0 Å². The van der Waals surface area contributed by atoms with Crippen LogP contribution in [0.5, 0.6) is 0 Å². The normalized spacial score (nSPS) is 22.4. The molecule has 0 bridgehead atoms. The lowest BCUT2D eigenvalue weighted by atomic mass is 10.0. The highest BCUT2D eigenvalue weighted by atomic mass is 35.5. The second kappa shape index (κ2) is 6.39. The van der Waals surface area contributed by atoms with E-state index in [2.05, 4.69) is 18.3 Å². The van der Waals surface area contributed by atoms with E-state index in [9.17, 15) is 0 Å². The first-order valence-electron chi connectivity index (χ1n) is 6.33. The topological polar surface area (TPSA) is 21.3 Å². The van der Waals surface area contributed by atoms with Crippen molar-refractivity contribution in [3.63, 3.8) is 0 Å². The predicted molar refractivity (Wildman–Crippen MR) is 71.6 cm³/mol. The van der Waals surface area contributed by atoms with Crippen LogP contribution in [0, 0.1) is 0 Å². The number of ether oxygens (including phenoxy) is 1. The summed E-state index contributed by atoms with van der Waals surface area (Å²) in [7, 11) is 0. The maximum atomic E-state index is 6.16. The van der Waals surface area contributed by atoms with Crippen molar-refractivity contribution >= 4 is 11.6 Å². The fraction of sp³-hybridized carbons (Fsp3) is 0.571. The molecule has 0 aliphatic carbocycles. The molecule has 1 N–H and O–H groups in total. The lowest BCUT2D eigenvalue weighted by Gasteiger charge is -2.27. The van der Waals surface area contributed by atoms with E-state index < -0.39 is 0 Å². The van der Waals surface area contributed by atoms with E-state index in [4.69, 9.17) is 16.3 Å². The van der Waals surface area contributed by atoms with Gasteiger partial charge in [0.1, 0.15) is 0 Å². The van der Waals surface area contributed by atoms with Crippen LogP contribution < -0.4 is 5.32 Å². The van der Waals surface area contributed by atoms with Crippen LogP contribution in [0.15, 0.2) is 24.3 Å². The fourth-order valence-corrected chi connectivity index (χ4v) is 2.54. The van der Waals surface area contributed by atoms with Gasteiger partial charge in [0.15, 0.2) is 0 Å². The van der Waals surface area contributed by atoms with Gasteiger partial charge in [0.2, 0.25) is 0 Å². The van der Waals surface area contributed by atoms with Crippen LogP contribution in [0.3, 0.4) is 0 Å². The van der Waals surface area contributed by atoms with Crippen molar-refractivity contribution in [3.8, 4) is 0 Å². The van der Waals surface area contributed by atoms with E-state index in [1.165, 1.54) is 12.0 Å². The first-order valence-corrected chi connectivity index (χ1v) is 6.70. The molecule has 1 saturated heterocycles. The first kappa shape index (κ1) is 12.9. The van der Waals surface area contributed by atoms with Crippen molar-refractivity contribution in [2.45, 2.75) is 38.3 Å². The van der Waals surface area contributed by atoms with E-state index in [0.717, 1.165) is 31.1 Å². The van der Waals surface area contributed by atoms with Gasteiger partial charge in [0.05, 0.1) is 6.61 Å². The average Bonchev–Trinajstić information content (AvgIpc) is 2.33. The SMILES string of the molecule is CC(Cc1ccccc1Cl)NC1CCCOC1. The molecular weight excluding hydrogens is 234 g/mol. The van der Waals surface area contributed by atoms with Gasteiger partial charge in [-0.25, -0.2) is 0 Å². The minimum Gasteiger partial charge on any atom is -0.380 e. The lowest BCUT2D eigenvalue weighted by molar-refractivity contribution is 0.0671. The Morgan fingerprint density at radius 3 is 3.00 bits per heavy atom. The van der Waals surface area contributed by atoms with Crippen molar-refractivity contribution in [3.05, 3.63) is 34.9 Å². The van der Waals surface area contributed by atoms with E-state index in [-0.39, 0.29) is 0 Å². The third-order valence-electron chi connectivity index (χ3n) is 3.16. The molecule has 0 spiro atoms. The van der Waals surface area contributed by atoms with Gasteiger partial charge in [-0.05, 0) is 37.8 Å². The molecule has 0 radical (unpaired) electrons. The van der Waals surface area contributed by atoms with E-state index in [1.807, 2.05) is 18.2 Å². The van der Waals surface area contributed by atoms with Gasteiger partial charge < -0.3 is 10.1 Å².